The van der Waals surface area contributed by atoms with Crippen LogP contribution in [0.4, 0.5) is 0 Å². The third kappa shape index (κ3) is 4.21. The Bertz CT molecular complexity index is 254. The summed E-state index contributed by atoms with van der Waals surface area (Å²) in [5, 5.41) is 0. The van der Waals surface area contributed by atoms with Gasteiger partial charge in [-0.1, -0.05) is 24.8 Å². The molecule has 0 bridgehead atoms. The zero-order valence-electron chi connectivity index (χ0n) is 8.49. The molecule has 0 saturated heterocycles. The van der Waals surface area contributed by atoms with Gasteiger partial charge in [-0.05, 0) is 13.8 Å². The van der Waals surface area contributed by atoms with Gasteiger partial charge in [0.15, 0.2) is 0 Å². The second-order valence-electron chi connectivity index (χ2n) is 2.32. The summed E-state index contributed by atoms with van der Waals surface area (Å²) in [6, 6.07) is 0. The smallest absolute Gasteiger partial charge is 0.0875 e. The maximum absolute atomic E-state index is 4.19. The van der Waals surface area contributed by atoms with Gasteiger partial charge < -0.3 is 0 Å². The highest BCUT2D eigenvalue weighted by Gasteiger charge is 1.93. The predicted octanol–water partition coefficient (Wildman–Crippen LogP) is 2.79. The molecule has 13 heavy (non-hydrogen) atoms. The van der Waals surface area contributed by atoms with Crippen LogP contribution in [0.2, 0.25) is 0 Å². The second-order valence-corrected chi connectivity index (χ2v) is 2.32. The molecule has 0 aromatic rings. The summed E-state index contributed by atoms with van der Waals surface area (Å²) in [6.45, 7) is 7.55. The molecule has 2 heteroatoms. The maximum atomic E-state index is 4.19. The van der Waals surface area contributed by atoms with Gasteiger partial charge in [0, 0.05) is 25.0 Å². The molecule has 0 aliphatic heterocycles. The van der Waals surface area contributed by atoms with E-state index >= 15 is 0 Å². The van der Waals surface area contributed by atoms with E-state index in [9.17, 15) is 0 Å². The monoisotopic (exact) mass is 176 g/mol. The van der Waals surface area contributed by atoms with Gasteiger partial charge in [-0.15, -0.1) is 0 Å². The Morgan fingerprint density at radius 1 is 1.31 bits per heavy atom. The molecule has 70 valence electrons. The maximum Gasteiger partial charge on any atom is 0.0875 e. The Morgan fingerprint density at radius 2 is 2.00 bits per heavy atom. The van der Waals surface area contributed by atoms with Crippen molar-refractivity contribution in [1.82, 2.24) is 0 Å². The van der Waals surface area contributed by atoms with E-state index in [1.165, 1.54) is 0 Å². The van der Waals surface area contributed by atoms with Crippen molar-refractivity contribution >= 4 is 12.4 Å². The first-order valence-corrected chi connectivity index (χ1v) is 4.20. The average Bonchev–Trinajstić information content (AvgIpc) is 2.14. The van der Waals surface area contributed by atoms with Crippen LogP contribution in [0.5, 0.6) is 0 Å². The molecule has 0 spiro atoms. The molecular weight excluding hydrogens is 160 g/mol. The van der Waals surface area contributed by atoms with Crippen LogP contribution in [0.15, 0.2) is 46.1 Å². The van der Waals surface area contributed by atoms with Crippen LogP contribution < -0.4 is 0 Å². The first-order valence-electron chi connectivity index (χ1n) is 4.20. The summed E-state index contributed by atoms with van der Waals surface area (Å²) >= 11 is 0. The predicted molar refractivity (Wildman–Crippen MR) is 60.6 cm³/mol. The molecule has 0 heterocycles. The minimum Gasteiger partial charge on any atom is -0.294 e. The number of allylic oxidation sites excluding steroid dienone is 5. The lowest BCUT2D eigenvalue weighted by Crippen LogP contribution is -1.86. The summed E-state index contributed by atoms with van der Waals surface area (Å²) in [6.07, 6.45) is 9.13. The molecule has 0 amide bonds. The molecule has 0 fully saturated rings. The highest BCUT2D eigenvalue weighted by atomic mass is 14.8. The van der Waals surface area contributed by atoms with Gasteiger partial charge in [-0.25, -0.2) is 0 Å². The van der Waals surface area contributed by atoms with E-state index in [0.717, 1.165) is 11.3 Å². The van der Waals surface area contributed by atoms with Crippen molar-refractivity contribution in [2.45, 2.75) is 13.8 Å². The van der Waals surface area contributed by atoms with E-state index < -0.39 is 0 Å². The topological polar surface area (TPSA) is 24.7 Å². The van der Waals surface area contributed by atoms with E-state index in [-0.39, 0.29) is 0 Å². The molecule has 0 aliphatic carbocycles. The number of nitrogens with zero attached hydrogens (tertiary/aromatic N) is 2. The molecule has 0 aliphatic rings. The summed E-state index contributed by atoms with van der Waals surface area (Å²) in [5.41, 5.74) is 1.81. The van der Waals surface area contributed by atoms with Crippen molar-refractivity contribution in [3.05, 3.63) is 36.1 Å². The molecule has 2 nitrogen and oxygen atoms in total. The van der Waals surface area contributed by atoms with Crippen LogP contribution in [0, 0.1) is 0 Å². The third-order valence-corrected chi connectivity index (χ3v) is 1.38. The Labute approximate surface area is 80.1 Å². The van der Waals surface area contributed by atoms with Gasteiger partial charge >= 0.3 is 0 Å². The molecule has 0 atom stereocenters. The van der Waals surface area contributed by atoms with Crippen molar-refractivity contribution in [2.75, 3.05) is 7.05 Å². The second kappa shape index (κ2) is 7.22. The summed E-state index contributed by atoms with van der Waals surface area (Å²) < 4.78 is 0. The van der Waals surface area contributed by atoms with Crippen LogP contribution in [0.3, 0.4) is 0 Å². The lowest BCUT2D eigenvalue weighted by atomic mass is 10.2. The third-order valence-electron chi connectivity index (χ3n) is 1.38. The molecule has 0 N–H and O–H groups in total. The first-order chi connectivity index (χ1) is 6.29. The molecule has 0 radical (unpaired) electrons. The van der Waals surface area contributed by atoms with Crippen molar-refractivity contribution in [3.8, 4) is 0 Å². The number of aliphatic imine (C=N–C) groups is 2. The quantitative estimate of drug-likeness (QED) is 0.465. The number of hydrogen-bond donors (Lipinski definition) is 0. The van der Waals surface area contributed by atoms with Gasteiger partial charge in [0.05, 0.1) is 5.70 Å². The molecule has 0 rings (SSSR count). The van der Waals surface area contributed by atoms with E-state index in [0.29, 0.717) is 0 Å². The van der Waals surface area contributed by atoms with Crippen molar-refractivity contribution < 1.29 is 0 Å². The minimum absolute atomic E-state index is 0.832. The average molecular weight is 176 g/mol. The van der Waals surface area contributed by atoms with Gasteiger partial charge in [0.1, 0.15) is 0 Å². The van der Waals surface area contributed by atoms with Crippen molar-refractivity contribution in [3.63, 3.8) is 0 Å². The Hall–Kier alpha value is -1.44. The van der Waals surface area contributed by atoms with E-state index in [1.54, 1.807) is 25.6 Å². The zero-order valence-corrected chi connectivity index (χ0v) is 8.49. The van der Waals surface area contributed by atoms with E-state index in [4.69, 9.17) is 0 Å². The molecular formula is C11H16N2. The van der Waals surface area contributed by atoms with Gasteiger partial charge in [0.25, 0.3) is 0 Å². The highest BCUT2D eigenvalue weighted by Crippen LogP contribution is 2.06. The Balaban J connectivity index is 5.10. The molecule has 0 unspecified atom stereocenters. The van der Waals surface area contributed by atoms with Crippen LogP contribution >= 0.6 is 0 Å². The molecule has 0 aromatic heterocycles. The van der Waals surface area contributed by atoms with Crippen LogP contribution in [-0.4, -0.2) is 19.5 Å². The zero-order chi connectivity index (χ0) is 10.1. The first kappa shape index (κ1) is 11.6. The molecule has 0 saturated carbocycles. The van der Waals surface area contributed by atoms with Gasteiger partial charge in [0.2, 0.25) is 0 Å². The normalized spacial score (nSPS) is 14.4. The number of rotatable bonds is 4. The fourth-order valence-electron chi connectivity index (χ4n) is 0.881. The van der Waals surface area contributed by atoms with Gasteiger partial charge in [-0.2, -0.15) is 0 Å². The standard InChI is InChI=1S/C11H16N2/c1-5-8-10(6-2)11(9-12-4)13-7-3/h5-9H,2H2,1,3-4H3/b8-5-,11-10+,12-9-,13-7-. The molecule has 0 aromatic carbocycles. The summed E-state index contributed by atoms with van der Waals surface area (Å²) in [5.74, 6) is 0. The SMILES string of the molecule is C=CC(/C=C\C)=C(/C=N\C)\N=C/C. The van der Waals surface area contributed by atoms with Crippen LogP contribution in [0.1, 0.15) is 13.8 Å². The van der Waals surface area contributed by atoms with E-state index in [1.807, 2.05) is 26.0 Å². The summed E-state index contributed by atoms with van der Waals surface area (Å²) in [7, 11) is 1.72. The lowest BCUT2D eigenvalue weighted by molar-refractivity contribution is 1.38. The van der Waals surface area contributed by atoms with Crippen LogP contribution in [-0.2, 0) is 0 Å². The fraction of sp³-hybridized carbons (Fsp3) is 0.273. The highest BCUT2D eigenvalue weighted by molar-refractivity contribution is 5.83. The fourth-order valence-corrected chi connectivity index (χ4v) is 0.881. The Morgan fingerprint density at radius 3 is 2.38 bits per heavy atom. The van der Waals surface area contributed by atoms with Crippen LogP contribution in [0.25, 0.3) is 0 Å². The van der Waals surface area contributed by atoms with Crippen molar-refractivity contribution in [1.29, 1.82) is 0 Å². The lowest BCUT2D eigenvalue weighted by Gasteiger charge is -1.97. The van der Waals surface area contributed by atoms with Gasteiger partial charge in [-0.3, -0.25) is 9.98 Å². The minimum atomic E-state index is 0.832. The van der Waals surface area contributed by atoms with Crippen molar-refractivity contribution in [2.24, 2.45) is 9.98 Å². The number of hydrogen-bond acceptors (Lipinski definition) is 2. The largest absolute Gasteiger partial charge is 0.294 e. The summed E-state index contributed by atoms with van der Waals surface area (Å²) in [4.78, 5) is 8.11. The Kier molecular flexibility index (Phi) is 6.42. The van der Waals surface area contributed by atoms with E-state index in [2.05, 4.69) is 16.6 Å².